The molecule has 0 unspecified atom stereocenters. The molecule has 4 nitrogen and oxygen atoms in total. The Balaban J connectivity index is 1.85. The Bertz CT molecular complexity index is 795. The molecule has 0 radical (unpaired) electrons. The molecule has 1 aromatic carbocycles. The molecule has 1 aliphatic rings. The number of carbonyl (C=O) groups excluding carboxylic acids is 1. The van der Waals surface area contributed by atoms with E-state index in [2.05, 4.69) is 19.1 Å². The zero-order valence-electron chi connectivity index (χ0n) is 13.6. The maximum Gasteiger partial charge on any atom is 0.264 e. The second-order valence-electron chi connectivity index (χ2n) is 6.14. The first-order valence-electron chi connectivity index (χ1n) is 8.11. The Morgan fingerprint density at radius 3 is 2.46 bits per heavy atom. The van der Waals surface area contributed by atoms with Crippen molar-refractivity contribution in [2.45, 2.75) is 32.4 Å². The highest BCUT2D eigenvalue weighted by Gasteiger charge is 2.35. The minimum absolute atomic E-state index is 0.0666. The van der Waals surface area contributed by atoms with Gasteiger partial charge >= 0.3 is 0 Å². The summed E-state index contributed by atoms with van der Waals surface area (Å²) in [4.78, 5) is 15.3. The molecule has 1 fully saturated rings. The monoisotopic (exact) mass is 363 g/mol. The molecule has 1 atom stereocenters. The van der Waals surface area contributed by atoms with E-state index < -0.39 is 9.84 Å². The van der Waals surface area contributed by atoms with Crippen LogP contribution in [0.3, 0.4) is 0 Å². The molecule has 24 heavy (non-hydrogen) atoms. The van der Waals surface area contributed by atoms with E-state index in [1.807, 2.05) is 23.6 Å². The third-order valence-corrected chi connectivity index (χ3v) is 7.03. The molecule has 6 heteroatoms. The molecule has 0 spiro atoms. The van der Waals surface area contributed by atoms with Gasteiger partial charge in [-0.2, -0.15) is 0 Å². The van der Waals surface area contributed by atoms with Gasteiger partial charge in [0.25, 0.3) is 5.91 Å². The second-order valence-corrected chi connectivity index (χ2v) is 9.31. The van der Waals surface area contributed by atoms with Gasteiger partial charge in [-0.25, -0.2) is 8.42 Å². The Morgan fingerprint density at radius 1 is 1.21 bits per heavy atom. The Hall–Kier alpha value is -1.66. The molecule has 0 aliphatic carbocycles. The van der Waals surface area contributed by atoms with Crippen molar-refractivity contribution in [3.05, 3.63) is 57.8 Å². The lowest BCUT2D eigenvalue weighted by atomic mass is 10.1. The van der Waals surface area contributed by atoms with Crippen molar-refractivity contribution in [3.8, 4) is 0 Å². The summed E-state index contributed by atoms with van der Waals surface area (Å²) < 4.78 is 23.7. The molecule has 1 amide bonds. The normalized spacial score (nSPS) is 19.3. The van der Waals surface area contributed by atoms with Gasteiger partial charge in [0.2, 0.25) is 0 Å². The van der Waals surface area contributed by atoms with E-state index in [0.717, 1.165) is 12.0 Å². The number of hydrogen-bond acceptors (Lipinski definition) is 4. The second kappa shape index (κ2) is 7.07. The number of thiophene rings is 1. The van der Waals surface area contributed by atoms with Crippen molar-refractivity contribution in [2.24, 2.45) is 0 Å². The molecule has 2 aromatic rings. The van der Waals surface area contributed by atoms with Gasteiger partial charge in [0.1, 0.15) is 0 Å². The molecule has 1 aliphatic heterocycles. The highest BCUT2D eigenvalue weighted by atomic mass is 32.2. The van der Waals surface area contributed by atoms with Crippen molar-refractivity contribution < 1.29 is 13.2 Å². The van der Waals surface area contributed by atoms with Crippen molar-refractivity contribution in [1.82, 2.24) is 4.90 Å². The maximum atomic E-state index is 12.9. The van der Waals surface area contributed by atoms with Crippen molar-refractivity contribution in [3.63, 3.8) is 0 Å². The molecule has 128 valence electrons. The number of benzene rings is 1. The Morgan fingerprint density at radius 2 is 1.92 bits per heavy atom. The van der Waals surface area contributed by atoms with Crippen LogP contribution >= 0.6 is 11.3 Å². The topological polar surface area (TPSA) is 54.5 Å². The van der Waals surface area contributed by atoms with Crippen LogP contribution in [0.25, 0.3) is 0 Å². The quantitative estimate of drug-likeness (QED) is 0.820. The first kappa shape index (κ1) is 17.2. The van der Waals surface area contributed by atoms with Crippen LogP contribution in [0, 0.1) is 0 Å². The van der Waals surface area contributed by atoms with Gasteiger partial charge in [-0.3, -0.25) is 4.79 Å². The largest absolute Gasteiger partial charge is 0.330 e. The van der Waals surface area contributed by atoms with Gasteiger partial charge in [-0.15, -0.1) is 11.3 Å². The molecule has 1 aromatic heterocycles. The van der Waals surface area contributed by atoms with E-state index in [0.29, 0.717) is 17.8 Å². The lowest BCUT2D eigenvalue weighted by Gasteiger charge is -2.28. The van der Waals surface area contributed by atoms with Crippen LogP contribution in [0.5, 0.6) is 0 Å². The van der Waals surface area contributed by atoms with Gasteiger partial charge in [-0.1, -0.05) is 37.3 Å². The number of rotatable bonds is 5. The van der Waals surface area contributed by atoms with Crippen LogP contribution in [-0.4, -0.2) is 36.8 Å². The zero-order chi connectivity index (χ0) is 17.2. The lowest BCUT2D eigenvalue weighted by Crippen LogP contribution is -2.40. The SMILES string of the molecule is CCc1ccc(CN(C(=O)c2cccs2)[C@@H]2CCS(=O)(=O)C2)cc1. The van der Waals surface area contributed by atoms with E-state index in [4.69, 9.17) is 0 Å². The smallest absolute Gasteiger partial charge is 0.264 e. The predicted molar refractivity (Wildman–Crippen MR) is 97.1 cm³/mol. The predicted octanol–water partition coefficient (Wildman–Crippen LogP) is 3.14. The molecule has 2 heterocycles. The summed E-state index contributed by atoms with van der Waals surface area (Å²) in [5.74, 6) is 0.157. The highest BCUT2D eigenvalue weighted by Crippen LogP contribution is 2.24. The fourth-order valence-electron chi connectivity index (χ4n) is 3.01. The summed E-state index contributed by atoms with van der Waals surface area (Å²) >= 11 is 1.39. The van der Waals surface area contributed by atoms with Crippen molar-refractivity contribution in [1.29, 1.82) is 0 Å². The number of carbonyl (C=O) groups is 1. The van der Waals surface area contributed by atoms with Crippen LogP contribution in [-0.2, 0) is 22.8 Å². The van der Waals surface area contributed by atoms with Gasteiger partial charge in [-0.05, 0) is 35.4 Å². The minimum Gasteiger partial charge on any atom is -0.330 e. The number of sulfone groups is 1. The molecule has 0 bridgehead atoms. The fourth-order valence-corrected chi connectivity index (χ4v) is 5.42. The van der Waals surface area contributed by atoms with E-state index in [1.54, 1.807) is 11.0 Å². The summed E-state index contributed by atoms with van der Waals surface area (Å²) in [7, 11) is -3.04. The van der Waals surface area contributed by atoms with E-state index in [9.17, 15) is 13.2 Å². The maximum absolute atomic E-state index is 12.9. The van der Waals surface area contributed by atoms with E-state index >= 15 is 0 Å². The summed E-state index contributed by atoms with van der Waals surface area (Å²) in [6, 6.07) is 11.6. The van der Waals surface area contributed by atoms with Crippen LogP contribution in [0.4, 0.5) is 0 Å². The van der Waals surface area contributed by atoms with Crippen molar-refractivity contribution in [2.75, 3.05) is 11.5 Å². The average molecular weight is 364 g/mol. The first-order chi connectivity index (χ1) is 11.5. The standard InChI is InChI=1S/C18H21NO3S2/c1-2-14-5-7-15(8-6-14)12-19(16-9-11-24(21,22)13-16)18(20)17-4-3-10-23-17/h3-8,10,16H,2,9,11-13H2,1H3/t16-/m1/s1. The molecule has 0 N–H and O–H groups in total. The van der Waals surface area contributed by atoms with Gasteiger partial charge in [0.15, 0.2) is 9.84 Å². The third-order valence-electron chi connectivity index (χ3n) is 4.43. The number of aryl methyl sites for hydroxylation is 1. The Labute approximate surface area is 147 Å². The number of nitrogens with zero attached hydrogens (tertiary/aromatic N) is 1. The molecular weight excluding hydrogens is 342 g/mol. The third kappa shape index (κ3) is 3.87. The van der Waals surface area contributed by atoms with E-state index in [1.165, 1.54) is 16.9 Å². The Kier molecular flexibility index (Phi) is 5.06. The number of amides is 1. The van der Waals surface area contributed by atoms with Crippen LogP contribution in [0.1, 0.15) is 34.1 Å². The molecule has 1 saturated heterocycles. The van der Waals surface area contributed by atoms with Crippen LogP contribution in [0.15, 0.2) is 41.8 Å². The number of hydrogen-bond donors (Lipinski definition) is 0. The minimum atomic E-state index is -3.04. The fraction of sp³-hybridized carbons (Fsp3) is 0.389. The molecule has 0 saturated carbocycles. The average Bonchev–Trinajstić information content (AvgIpc) is 3.22. The van der Waals surface area contributed by atoms with E-state index in [-0.39, 0.29) is 23.5 Å². The first-order valence-corrected chi connectivity index (χ1v) is 10.8. The molecular formula is C18H21NO3S2. The lowest BCUT2D eigenvalue weighted by molar-refractivity contribution is 0.0686. The van der Waals surface area contributed by atoms with Crippen LogP contribution in [0.2, 0.25) is 0 Å². The highest BCUT2D eigenvalue weighted by molar-refractivity contribution is 7.91. The van der Waals surface area contributed by atoms with Gasteiger partial charge in [0.05, 0.1) is 16.4 Å². The summed E-state index contributed by atoms with van der Waals surface area (Å²) in [6.07, 6.45) is 1.49. The summed E-state index contributed by atoms with van der Waals surface area (Å²) in [6.45, 7) is 2.55. The summed E-state index contributed by atoms with van der Waals surface area (Å²) in [5.41, 5.74) is 2.28. The summed E-state index contributed by atoms with van der Waals surface area (Å²) in [5, 5.41) is 1.87. The zero-order valence-corrected chi connectivity index (χ0v) is 15.3. The van der Waals surface area contributed by atoms with Crippen LogP contribution < -0.4 is 0 Å². The molecule has 3 rings (SSSR count). The van der Waals surface area contributed by atoms with Gasteiger partial charge < -0.3 is 4.90 Å². The van der Waals surface area contributed by atoms with Crippen molar-refractivity contribution >= 4 is 27.1 Å². The van der Waals surface area contributed by atoms with Gasteiger partial charge in [0, 0.05) is 12.6 Å².